The van der Waals surface area contributed by atoms with Crippen molar-refractivity contribution in [3.8, 4) is 6.07 Å². The molecule has 0 fully saturated rings. The van der Waals surface area contributed by atoms with Crippen LogP contribution in [0.4, 0.5) is 5.69 Å². The predicted octanol–water partition coefficient (Wildman–Crippen LogP) is 6.67. The molecule has 8 heteroatoms. The van der Waals surface area contributed by atoms with Crippen LogP contribution in [0.15, 0.2) is 95.0 Å². The van der Waals surface area contributed by atoms with Crippen LogP contribution in [0.2, 0.25) is 5.02 Å². The smallest absolute Gasteiger partial charge is 0.337 e. The van der Waals surface area contributed by atoms with Gasteiger partial charge < -0.3 is 15.4 Å². The minimum Gasteiger partial charge on any atom is -0.463 e. The fourth-order valence-electron chi connectivity index (χ4n) is 4.34. The number of nitriles is 1. The Kier molecular flexibility index (Phi) is 9.48. The van der Waals surface area contributed by atoms with Gasteiger partial charge in [-0.25, -0.2) is 4.79 Å². The van der Waals surface area contributed by atoms with Crippen LogP contribution >= 0.6 is 23.4 Å². The summed E-state index contributed by atoms with van der Waals surface area (Å²) in [7, 11) is 0. The fourth-order valence-corrected chi connectivity index (χ4v) is 5.42. The van der Waals surface area contributed by atoms with Crippen LogP contribution in [0.1, 0.15) is 36.5 Å². The molecule has 0 aliphatic carbocycles. The number of esters is 1. The monoisotopic (exact) mass is 557 g/mol. The number of amides is 1. The molecule has 1 aliphatic rings. The van der Waals surface area contributed by atoms with E-state index in [4.69, 9.17) is 16.3 Å². The highest BCUT2D eigenvalue weighted by atomic mass is 35.5. The van der Waals surface area contributed by atoms with Gasteiger partial charge in [-0.15, -0.1) is 0 Å². The quantitative estimate of drug-likeness (QED) is 0.285. The average molecular weight is 558 g/mol. The zero-order chi connectivity index (χ0) is 27.8. The lowest BCUT2D eigenvalue weighted by Gasteiger charge is -2.31. The lowest BCUT2D eigenvalue weighted by molar-refractivity contribution is -0.138. The molecule has 1 aliphatic heterocycles. The minimum absolute atomic E-state index is 0.0507. The van der Waals surface area contributed by atoms with Crippen LogP contribution < -0.4 is 10.6 Å². The largest absolute Gasteiger partial charge is 0.463 e. The first kappa shape index (κ1) is 28.0. The summed E-state index contributed by atoms with van der Waals surface area (Å²) in [5.74, 6) is -1.49. The molecule has 1 unspecified atom stereocenters. The Labute approximate surface area is 237 Å². The summed E-state index contributed by atoms with van der Waals surface area (Å²) in [5, 5.41) is 17.4. The number of halogens is 1. The Hall–Kier alpha value is -3.99. The van der Waals surface area contributed by atoms with Gasteiger partial charge in [-0.3, -0.25) is 4.79 Å². The van der Waals surface area contributed by atoms with E-state index in [-0.39, 0.29) is 29.4 Å². The van der Waals surface area contributed by atoms with E-state index in [0.717, 1.165) is 12.0 Å². The molecule has 3 aromatic carbocycles. The minimum atomic E-state index is -0.786. The van der Waals surface area contributed by atoms with E-state index in [1.165, 1.54) is 17.3 Å². The second kappa shape index (κ2) is 13.2. The highest BCUT2D eigenvalue weighted by Gasteiger charge is 2.38. The Morgan fingerprint density at radius 2 is 1.72 bits per heavy atom. The molecule has 3 aromatic rings. The van der Waals surface area contributed by atoms with Gasteiger partial charge in [-0.05, 0) is 48.2 Å². The van der Waals surface area contributed by atoms with E-state index in [1.807, 2.05) is 60.7 Å². The third-order valence-corrected chi connectivity index (χ3v) is 7.58. The predicted molar refractivity (Wildman–Crippen MR) is 157 cm³/mol. The fraction of sp³-hybridized carbons (Fsp3) is 0.194. The number of ether oxygens (including phenoxy) is 1. The van der Waals surface area contributed by atoms with Gasteiger partial charge in [-0.1, -0.05) is 91.0 Å². The van der Waals surface area contributed by atoms with Crippen molar-refractivity contribution in [3.63, 3.8) is 0 Å². The molecule has 0 bridgehead atoms. The maximum absolute atomic E-state index is 13.4. The number of nitrogens with zero attached hydrogens (tertiary/aromatic N) is 1. The molecule has 4 rings (SSSR count). The molecule has 198 valence electrons. The second-order valence-electron chi connectivity index (χ2n) is 8.70. The lowest BCUT2D eigenvalue weighted by Crippen LogP contribution is -2.30. The van der Waals surface area contributed by atoms with Crippen molar-refractivity contribution in [2.24, 2.45) is 0 Å². The Morgan fingerprint density at radius 3 is 2.36 bits per heavy atom. The standard InChI is InChI=1S/C31H28ClN3O3S/c1-3-20-14-16-22(17-15-20)34-26(36)19-39-30-24(18-33)27(23-12-8-9-13-25(23)32)28(31(37)38-4-2)29(35-30)21-10-6-5-7-11-21/h5-17,27,35H,3-4,19H2,1-2H3,(H,34,36). The summed E-state index contributed by atoms with van der Waals surface area (Å²) in [5.41, 5.74) is 4.32. The number of carbonyl (C=O) groups excluding carboxylic acids is 2. The number of thioether (sulfide) groups is 1. The number of nitrogens with one attached hydrogen (secondary N) is 2. The molecule has 0 saturated heterocycles. The van der Waals surface area contributed by atoms with Crippen molar-refractivity contribution in [3.05, 3.63) is 117 Å². The van der Waals surface area contributed by atoms with Gasteiger partial charge in [-0.2, -0.15) is 5.26 Å². The van der Waals surface area contributed by atoms with Crippen LogP contribution in [-0.2, 0) is 20.7 Å². The highest BCUT2D eigenvalue weighted by molar-refractivity contribution is 8.03. The number of benzene rings is 3. The summed E-state index contributed by atoms with van der Waals surface area (Å²) in [6, 6.07) is 26.5. The Bertz CT molecular complexity index is 1460. The third-order valence-electron chi connectivity index (χ3n) is 6.22. The van der Waals surface area contributed by atoms with Crippen LogP contribution in [0.5, 0.6) is 0 Å². The number of allylic oxidation sites excluding steroid dienone is 1. The van der Waals surface area contributed by atoms with Crippen molar-refractivity contribution in [2.45, 2.75) is 26.2 Å². The van der Waals surface area contributed by atoms with E-state index >= 15 is 0 Å². The summed E-state index contributed by atoms with van der Waals surface area (Å²) < 4.78 is 5.45. The maximum Gasteiger partial charge on any atom is 0.337 e. The number of anilines is 1. The van der Waals surface area contributed by atoms with Gasteiger partial charge in [0.15, 0.2) is 0 Å². The molecule has 0 spiro atoms. The Balaban J connectivity index is 1.74. The molecule has 0 aromatic heterocycles. The van der Waals surface area contributed by atoms with Gasteiger partial charge in [0.2, 0.25) is 5.91 Å². The van der Waals surface area contributed by atoms with Crippen molar-refractivity contribution in [2.75, 3.05) is 17.7 Å². The van der Waals surface area contributed by atoms with E-state index in [0.29, 0.717) is 27.0 Å². The maximum atomic E-state index is 13.4. The molecule has 0 radical (unpaired) electrons. The van der Waals surface area contributed by atoms with Gasteiger partial charge >= 0.3 is 5.97 Å². The Morgan fingerprint density at radius 1 is 1.03 bits per heavy atom. The van der Waals surface area contributed by atoms with Crippen LogP contribution in [0, 0.1) is 11.3 Å². The van der Waals surface area contributed by atoms with Gasteiger partial charge in [0, 0.05) is 10.7 Å². The molecule has 1 heterocycles. The number of hydrogen-bond donors (Lipinski definition) is 2. The second-order valence-corrected chi connectivity index (χ2v) is 10.1. The number of dihydropyridines is 1. The van der Waals surface area contributed by atoms with Crippen molar-refractivity contribution < 1.29 is 14.3 Å². The van der Waals surface area contributed by atoms with Gasteiger partial charge in [0.05, 0.1) is 46.2 Å². The van der Waals surface area contributed by atoms with E-state index in [9.17, 15) is 14.9 Å². The molecule has 0 saturated carbocycles. The summed E-state index contributed by atoms with van der Waals surface area (Å²) in [6.07, 6.45) is 0.915. The first-order chi connectivity index (χ1) is 19.0. The molecule has 2 N–H and O–H groups in total. The zero-order valence-electron chi connectivity index (χ0n) is 21.7. The SMILES string of the molecule is CCOC(=O)C1=C(c2ccccc2)NC(SCC(=O)Nc2ccc(CC)cc2)=C(C#N)C1c1ccccc1Cl. The van der Waals surface area contributed by atoms with Crippen molar-refractivity contribution in [1.29, 1.82) is 5.26 Å². The molecular formula is C31H28ClN3O3S. The number of hydrogen-bond acceptors (Lipinski definition) is 6. The summed E-state index contributed by atoms with van der Waals surface area (Å²) in [4.78, 5) is 26.2. The van der Waals surface area contributed by atoms with Crippen LogP contribution in [-0.4, -0.2) is 24.2 Å². The average Bonchev–Trinajstić information content (AvgIpc) is 2.96. The topological polar surface area (TPSA) is 91.2 Å². The number of aryl methyl sites for hydroxylation is 1. The molecular weight excluding hydrogens is 530 g/mol. The zero-order valence-corrected chi connectivity index (χ0v) is 23.2. The third kappa shape index (κ3) is 6.54. The molecule has 1 amide bonds. The summed E-state index contributed by atoms with van der Waals surface area (Å²) >= 11 is 7.81. The molecule has 1 atom stereocenters. The number of carbonyl (C=O) groups is 2. The van der Waals surface area contributed by atoms with E-state index in [2.05, 4.69) is 23.6 Å². The van der Waals surface area contributed by atoms with Gasteiger partial charge in [0.1, 0.15) is 0 Å². The lowest BCUT2D eigenvalue weighted by atomic mass is 9.81. The van der Waals surface area contributed by atoms with Crippen LogP contribution in [0.3, 0.4) is 0 Å². The van der Waals surface area contributed by atoms with Gasteiger partial charge in [0.25, 0.3) is 0 Å². The molecule has 6 nitrogen and oxygen atoms in total. The summed E-state index contributed by atoms with van der Waals surface area (Å²) in [6.45, 7) is 3.98. The normalized spacial score (nSPS) is 14.9. The van der Waals surface area contributed by atoms with Crippen molar-refractivity contribution >= 4 is 46.6 Å². The van der Waals surface area contributed by atoms with E-state index in [1.54, 1.807) is 25.1 Å². The first-order valence-electron chi connectivity index (χ1n) is 12.6. The van der Waals surface area contributed by atoms with Crippen molar-refractivity contribution in [1.82, 2.24) is 5.32 Å². The molecule has 39 heavy (non-hydrogen) atoms. The van der Waals surface area contributed by atoms with E-state index < -0.39 is 11.9 Å². The first-order valence-corrected chi connectivity index (χ1v) is 14.0. The highest BCUT2D eigenvalue weighted by Crippen LogP contribution is 2.45. The number of rotatable bonds is 9. The van der Waals surface area contributed by atoms with Crippen LogP contribution in [0.25, 0.3) is 5.70 Å².